The number of rotatable bonds is 3. The van der Waals surface area contributed by atoms with E-state index in [4.69, 9.17) is 4.74 Å². The Morgan fingerprint density at radius 1 is 1.39 bits per heavy atom. The SMILES string of the molecule is COC(=O)c1cnc(C)n1Cc1ncccc1C. The summed E-state index contributed by atoms with van der Waals surface area (Å²) in [6.45, 7) is 4.36. The van der Waals surface area contributed by atoms with Crippen LogP contribution in [0, 0.1) is 13.8 Å². The lowest BCUT2D eigenvalue weighted by atomic mass is 10.2. The van der Waals surface area contributed by atoms with Crippen LogP contribution in [0.5, 0.6) is 0 Å². The highest BCUT2D eigenvalue weighted by atomic mass is 16.5. The standard InChI is InChI=1S/C13H15N3O2/c1-9-5-4-6-14-11(9)8-16-10(2)15-7-12(16)13(17)18-3/h4-7H,8H2,1-3H3. The van der Waals surface area contributed by atoms with Gasteiger partial charge in [-0.15, -0.1) is 0 Å². The van der Waals surface area contributed by atoms with Gasteiger partial charge < -0.3 is 9.30 Å². The van der Waals surface area contributed by atoms with Gasteiger partial charge >= 0.3 is 5.97 Å². The molecule has 0 aliphatic carbocycles. The summed E-state index contributed by atoms with van der Waals surface area (Å²) in [5.74, 6) is 0.379. The Kier molecular flexibility index (Phi) is 3.41. The molecule has 0 aliphatic rings. The van der Waals surface area contributed by atoms with Crippen molar-refractivity contribution in [1.29, 1.82) is 0 Å². The fourth-order valence-electron chi connectivity index (χ4n) is 1.77. The number of esters is 1. The lowest BCUT2D eigenvalue weighted by Gasteiger charge is -2.10. The van der Waals surface area contributed by atoms with Crippen LogP contribution in [-0.4, -0.2) is 27.6 Å². The minimum atomic E-state index is -0.385. The van der Waals surface area contributed by atoms with Gasteiger partial charge in [0.15, 0.2) is 0 Å². The van der Waals surface area contributed by atoms with Crippen molar-refractivity contribution in [2.24, 2.45) is 0 Å². The molecule has 2 heterocycles. The van der Waals surface area contributed by atoms with E-state index in [2.05, 4.69) is 9.97 Å². The van der Waals surface area contributed by atoms with E-state index in [-0.39, 0.29) is 5.97 Å². The Hall–Kier alpha value is -2.17. The third-order valence-electron chi connectivity index (χ3n) is 2.88. The molecule has 0 radical (unpaired) electrons. The van der Waals surface area contributed by atoms with E-state index in [1.54, 1.807) is 10.8 Å². The number of methoxy groups -OCH3 is 1. The average molecular weight is 245 g/mol. The van der Waals surface area contributed by atoms with Crippen molar-refractivity contribution in [3.05, 3.63) is 47.3 Å². The van der Waals surface area contributed by atoms with Crippen LogP contribution in [0.1, 0.15) is 27.6 Å². The second kappa shape index (κ2) is 5.00. The zero-order valence-corrected chi connectivity index (χ0v) is 10.7. The predicted molar refractivity (Wildman–Crippen MR) is 66.4 cm³/mol. The van der Waals surface area contributed by atoms with Crippen molar-refractivity contribution in [3.8, 4) is 0 Å². The van der Waals surface area contributed by atoms with Gasteiger partial charge in [0, 0.05) is 6.20 Å². The van der Waals surface area contributed by atoms with Crippen LogP contribution in [-0.2, 0) is 11.3 Å². The van der Waals surface area contributed by atoms with Crippen molar-refractivity contribution in [1.82, 2.24) is 14.5 Å². The Labute approximate surface area is 105 Å². The van der Waals surface area contributed by atoms with Gasteiger partial charge in [0.1, 0.15) is 11.5 Å². The second-order valence-electron chi connectivity index (χ2n) is 4.04. The number of imidazole rings is 1. The summed E-state index contributed by atoms with van der Waals surface area (Å²) in [5, 5.41) is 0. The van der Waals surface area contributed by atoms with Crippen LogP contribution in [0.4, 0.5) is 0 Å². The molecule has 0 saturated carbocycles. The minimum Gasteiger partial charge on any atom is -0.464 e. The molecule has 94 valence electrons. The molecule has 2 aromatic heterocycles. The molecule has 0 unspecified atom stereocenters. The van der Waals surface area contributed by atoms with E-state index in [0.717, 1.165) is 17.1 Å². The number of hydrogen-bond acceptors (Lipinski definition) is 4. The zero-order valence-electron chi connectivity index (χ0n) is 10.7. The maximum atomic E-state index is 11.6. The van der Waals surface area contributed by atoms with Gasteiger partial charge in [-0.05, 0) is 25.5 Å². The summed E-state index contributed by atoms with van der Waals surface area (Å²) in [6, 6.07) is 3.88. The monoisotopic (exact) mass is 245 g/mol. The third kappa shape index (κ3) is 2.25. The molecule has 0 aliphatic heterocycles. The summed E-state index contributed by atoms with van der Waals surface area (Å²) in [4.78, 5) is 20.1. The zero-order chi connectivity index (χ0) is 13.1. The van der Waals surface area contributed by atoms with Crippen molar-refractivity contribution >= 4 is 5.97 Å². The van der Waals surface area contributed by atoms with Crippen LogP contribution < -0.4 is 0 Å². The molecule has 5 nitrogen and oxygen atoms in total. The highest BCUT2D eigenvalue weighted by molar-refractivity contribution is 5.87. The smallest absolute Gasteiger partial charge is 0.356 e. The van der Waals surface area contributed by atoms with Crippen LogP contribution in [0.25, 0.3) is 0 Å². The topological polar surface area (TPSA) is 57.0 Å². The highest BCUT2D eigenvalue weighted by Crippen LogP contribution is 2.11. The van der Waals surface area contributed by atoms with Gasteiger partial charge in [-0.3, -0.25) is 4.98 Å². The molecule has 0 spiro atoms. The molecule has 2 rings (SSSR count). The van der Waals surface area contributed by atoms with Crippen LogP contribution >= 0.6 is 0 Å². The van der Waals surface area contributed by atoms with Gasteiger partial charge in [-0.2, -0.15) is 0 Å². The van der Waals surface area contributed by atoms with Gasteiger partial charge in [0.25, 0.3) is 0 Å². The molecule has 2 aromatic rings. The van der Waals surface area contributed by atoms with Gasteiger partial charge in [0.2, 0.25) is 0 Å². The van der Waals surface area contributed by atoms with E-state index in [0.29, 0.717) is 12.2 Å². The number of aryl methyl sites for hydroxylation is 2. The van der Waals surface area contributed by atoms with E-state index in [1.807, 2.05) is 26.0 Å². The minimum absolute atomic E-state index is 0.385. The molecular weight excluding hydrogens is 230 g/mol. The number of ether oxygens (including phenoxy) is 1. The number of nitrogens with zero attached hydrogens (tertiary/aromatic N) is 3. The van der Waals surface area contributed by atoms with E-state index in [1.165, 1.54) is 13.3 Å². The molecule has 0 saturated heterocycles. The van der Waals surface area contributed by atoms with Crippen LogP contribution in [0.3, 0.4) is 0 Å². The van der Waals surface area contributed by atoms with Crippen LogP contribution in [0.2, 0.25) is 0 Å². The molecule has 0 bridgehead atoms. The Balaban J connectivity index is 2.37. The van der Waals surface area contributed by atoms with E-state index >= 15 is 0 Å². The molecule has 5 heteroatoms. The number of aromatic nitrogens is 3. The highest BCUT2D eigenvalue weighted by Gasteiger charge is 2.15. The maximum absolute atomic E-state index is 11.6. The Bertz CT molecular complexity index is 575. The summed E-state index contributed by atoms with van der Waals surface area (Å²) < 4.78 is 6.54. The first kappa shape index (κ1) is 12.3. The van der Waals surface area contributed by atoms with Gasteiger partial charge in [-0.25, -0.2) is 9.78 Å². The van der Waals surface area contributed by atoms with Crippen molar-refractivity contribution in [3.63, 3.8) is 0 Å². The molecule has 0 atom stereocenters. The third-order valence-corrected chi connectivity index (χ3v) is 2.88. The predicted octanol–water partition coefficient (Wildman–Crippen LogP) is 1.73. The van der Waals surface area contributed by atoms with Gasteiger partial charge in [-0.1, -0.05) is 6.07 Å². The number of pyridine rings is 1. The normalized spacial score (nSPS) is 10.4. The van der Waals surface area contributed by atoms with E-state index in [9.17, 15) is 4.79 Å². The average Bonchev–Trinajstić information content (AvgIpc) is 2.73. The molecule has 0 N–H and O–H groups in total. The molecule has 0 amide bonds. The summed E-state index contributed by atoms with van der Waals surface area (Å²) in [5.41, 5.74) is 2.45. The second-order valence-corrected chi connectivity index (χ2v) is 4.04. The van der Waals surface area contributed by atoms with Crippen molar-refractivity contribution in [2.75, 3.05) is 7.11 Å². The number of hydrogen-bond donors (Lipinski definition) is 0. The van der Waals surface area contributed by atoms with Gasteiger partial charge in [0.05, 0.1) is 25.5 Å². The molecular formula is C13H15N3O2. The first-order chi connectivity index (χ1) is 8.63. The quantitative estimate of drug-likeness (QED) is 0.773. The lowest BCUT2D eigenvalue weighted by Crippen LogP contribution is -2.14. The van der Waals surface area contributed by atoms with E-state index < -0.39 is 0 Å². The number of carbonyl (C=O) groups excluding carboxylic acids is 1. The Morgan fingerprint density at radius 2 is 2.17 bits per heavy atom. The summed E-state index contributed by atoms with van der Waals surface area (Å²) in [6.07, 6.45) is 3.27. The Morgan fingerprint density at radius 3 is 2.83 bits per heavy atom. The fraction of sp³-hybridized carbons (Fsp3) is 0.308. The lowest BCUT2D eigenvalue weighted by molar-refractivity contribution is 0.0588. The maximum Gasteiger partial charge on any atom is 0.356 e. The molecule has 18 heavy (non-hydrogen) atoms. The fourth-order valence-corrected chi connectivity index (χ4v) is 1.77. The van der Waals surface area contributed by atoms with Crippen LogP contribution in [0.15, 0.2) is 24.5 Å². The number of carbonyl (C=O) groups is 1. The largest absolute Gasteiger partial charge is 0.464 e. The first-order valence-corrected chi connectivity index (χ1v) is 5.64. The summed E-state index contributed by atoms with van der Waals surface area (Å²) in [7, 11) is 1.36. The summed E-state index contributed by atoms with van der Waals surface area (Å²) >= 11 is 0. The first-order valence-electron chi connectivity index (χ1n) is 5.64. The molecule has 0 aromatic carbocycles. The van der Waals surface area contributed by atoms with Crippen molar-refractivity contribution in [2.45, 2.75) is 20.4 Å². The molecule has 0 fully saturated rings. The van der Waals surface area contributed by atoms with Crippen molar-refractivity contribution < 1.29 is 9.53 Å².